The number of benzene rings is 2. The maximum Gasteiger partial charge on any atom is 0.136 e. The first kappa shape index (κ1) is 14.6. The summed E-state index contributed by atoms with van der Waals surface area (Å²) in [7, 11) is 1.56. The van der Waals surface area contributed by atoms with E-state index in [-0.39, 0.29) is 0 Å². The largest absolute Gasteiger partial charge is 0.495 e. The van der Waals surface area contributed by atoms with Crippen LogP contribution in [0.2, 0.25) is 0 Å². The van der Waals surface area contributed by atoms with Crippen molar-refractivity contribution in [3.05, 3.63) is 63.6 Å². The smallest absolute Gasteiger partial charge is 0.136 e. The second-order valence-electron chi connectivity index (χ2n) is 4.27. The minimum atomic E-state index is 0.467. The van der Waals surface area contributed by atoms with Crippen LogP contribution in [-0.4, -0.2) is 7.11 Å². The van der Waals surface area contributed by atoms with E-state index >= 15 is 0 Å². The molecule has 20 heavy (non-hydrogen) atoms. The zero-order chi connectivity index (χ0) is 14.4. The third-order valence-corrected chi connectivity index (χ3v) is 3.36. The highest BCUT2D eigenvalue weighted by Gasteiger charge is 2.04. The van der Waals surface area contributed by atoms with Crippen LogP contribution in [0, 0.1) is 11.3 Å². The average molecular weight is 332 g/mol. The Morgan fingerprint density at radius 2 is 1.70 bits per heavy atom. The van der Waals surface area contributed by atoms with Gasteiger partial charge in [0.25, 0.3) is 0 Å². The molecule has 0 saturated heterocycles. The molecule has 3 nitrogen and oxygen atoms in total. The van der Waals surface area contributed by atoms with Crippen LogP contribution < -0.4 is 4.74 Å². The lowest BCUT2D eigenvalue weighted by Gasteiger charge is -2.07. The number of ether oxygens (including phenoxy) is 2. The number of hydrogen-bond donors (Lipinski definition) is 0. The summed E-state index contributed by atoms with van der Waals surface area (Å²) in [6, 6.07) is 15.6. The maximum absolute atomic E-state index is 9.03. The van der Waals surface area contributed by atoms with Gasteiger partial charge in [-0.3, -0.25) is 0 Å². The van der Waals surface area contributed by atoms with Crippen molar-refractivity contribution in [1.29, 1.82) is 5.26 Å². The van der Waals surface area contributed by atoms with Crippen LogP contribution in [0.5, 0.6) is 5.75 Å². The molecule has 2 rings (SSSR count). The summed E-state index contributed by atoms with van der Waals surface area (Å²) >= 11 is 3.40. The van der Waals surface area contributed by atoms with E-state index < -0.39 is 0 Å². The highest BCUT2D eigenvalue weighted by atomic mass is 79.9. The molecule has 102 valence electrons. The van der Waals surface area contributed by atoms with Crippen LogP contribution in [-0.2, 0) is 18.0 Å². The average Bonchev–Trinajstić information content (AvgIpc) is 2.49. The van der Waals surface area contributed by atoms with Crippen molar-refractivity contribution in [3.8, 4) is 11.8 Å². The zero-order valence-electron chi connectivity index (χ0n) is 11.1. The lowest BCUT2D eigenvalue weighted by atomic mass is 10.1. The summed E-state index contributed by atoms with van der Waals surface area (Å²) in [6.45, 7) is 1.01. The molecule has 0 aliphatic carbocycles. The minimum Gasteiger partial charge on any atom is -0.495 e. The summed E-state index contributed by atoms with van der Waals surface area (Å²) in [4.78, 5) is 0. The van der Waals surface area contributed by atoms with E-state index in [0.29, 0.717) is 24.5 Å². The van der Waals surface area contributed by atoms with Gasteiger partial charge in [-0.05, 0) is 35.4 Å². The molecule has 0 unspecified atom stereocenters. The molecule has 4 heteroatoms. The highest BCUT2D eigenvalue weighted by Crippen LogP contribution is 2.19. The van der Waals surface area contributed by atoms with Gasteiger partial charge in [0.1, 0.15) is 11.8 Å². The van der Waals surface area contributed by atoms with Crippen molar-refractivity contribution in [2.24, 2.45) is 0 Å². The predicted octanol–water partition coefficient (Wildman–Crippen LogP) is 4.05. The Hall–Kier alpha value is -1.83. The second-order valence-corrected chi connectivity index (χ2v) is 5.18. The van der Waals surface area contributed by atoms with E-state index in [2.05, 4.69) is 22.0 Å². The maximum atomic E-state index is 9.03. The summed E-state index contributed by atoms with van der Waals surface area (Å²) < 4.78 is 11.8. The molecule has 0 spiro atoms. The fraction of sp³-hybridized carbons (Fsp3) is 0.188. The van der Waals surface area contributed by atoms with Crippen LogP contribution >= 0.6 is 15.9 Å². The molecule has 0 saturated carbocycles. The van der Waals surface area contributed by atoms with Gasteiger partial charge in [-0.2, -0.15) is 5.26 Å². The standard InChI is InChI=1S/C16H14BrNO2/c1-19-16-7-4-13(8-14(16)9-18)11-20-10-12-2-5-15(17)6-3-12/h2-8H,10-11H2,1H3. The van der Waals surface area contributed by atoms with Crippen LogP contribution in [0.3, 0.4) is 0 Å². The minimum absolute atomic E-state index is 0.467. The van der Waals surface area contributed by atoms with E-state index in [9.17, 15) is 0 Å². The molecule has 0 aliphatic heterocycles. The van der Waals surface area contributed by atoms with Crippen molar-refractivity contribution in [1.82, 2.24) is 0 Å². The molecule has 0 atom stereocenters. The molecule has 2 aromatic carbocycles. The lowest BCUT2D eigenvalue weighted by Crippen LogP contribution is -1.96. The molecule has 2 aromatic rings. The molecule has 0 radical (unpaired) electrons. The number of nitriles is 1. The number of hydrogen-bond acceptors (Lipinski definition) is 3. The third kappa shape index (κ3) is 3.83. The van der Waals surface area contributed by atoms with Gasteiger partial charge in [0.15, 0.2) is 0 Å². The lowest BCUT2D eigenvalue weighted by molar-refractivity contribution is 0.107. The van der Waals surface area contributed by atoms with Gasteiger partial charge < -0.3 is 9.47 Å². The van der Waals surface area contributed by atoms with E-state index in [1.807, 2.05) is 30.3 Å². The van der Waals surface area contributed by atoms with Gasteiger partial charge in [0.2, 0.25) is 0 Å². The van der Waals surface area contributed by atoms with Crippen molar-refractivity contribution in [2.75, 3.05) is 7.11 Å². The van der Waals surface area contributed by atoms with E-state index in [0.717, 1.165) is 15.6 Å². The molecular weight excluding hydrogens is 318 g/mol. The Kier molecular flexibility index (Phi) is 5.16. The second kappa shape index (κ2) is 7.09. The van der Waals surface area contributed by atoms with Gasteiger partial charge in [0.05, 0.1) is 25.9 Å². The first-order valence-corrected chi connectivity index (χ1v) is 6.91. The summed E-state index contributed by atoms with van der Waals surface area (Å²) in [6.07, 6.45) is 0. The van der Waals surface area contributed by atoms with Gasteiger partial charge in [-0.25, -0.2) is 0 Å². The monoisotopic (exact) mass is 331 g/mol. The Morgan fingerprint density at radius 3 is 2.35 bits per heavy atom. The Balaban J connectivity index is 1.94. The quantitative estimate of drug-likeness (QED) is 0.830. The predicted molar refractivity (Wildman–Crippen MR) is 80.3 cm³/mol. The summed E-state index contributed by atoms with van der Waals surface area (Å²) in [5.41, 5.74) is 2.60. The highest BCUT2D eigenvalue weighted by molar-refractivity contribution is 9.10. The van der Waals surface area contributed by atoms with Gasteiger partial charge in [0, 0.05) is 4.47 Å². The molecule has 0 fully saturated rings. The number of rotatable bonds is 5. The third-order valence-electron chi connectivity index (χ3n) is 2.84. The molecular formula is C16H14BrNO2. The van der Waals surface area contributed by atoms with E-state index in [4.69, 9.17) is 14.7 Å². The van der Waals surface area contributed by atoms with E-state index in [1.165, 1.54) is 0 Å². The number of methoxy groups -OCH3 is 1. The molecule has 0 heterocycles. The van der Waals surface area contributed by atoms with Crippen LogP contribution in [0.25, 0.3) is 0 Å². The zero-order valence-corrected chi connectivity index (χ0v) is 12.7. The van der Waals surface area contributed by atoms with Crippen LogP contribution in [0.4, 0.5) is 0 Å². The van der Waals surface area contributed by atoms with Gasteiger partial charge in [-0.1, -0.05) is 34.1 Å². The topological polar surface area (TPSA) is 42.2 Å². The van der Waals surface area contributed by atoms with Gasteiger partial charge >= 0.3 is 0 Å². The fourth-order valence-electron chi connectivity index (χ4n) is 1.80. The molecule has 0 aliphatic rings. The first-order chi connectivity index (χ1) is 9.72. The van der Waals surface area contributed by atoms with Crippen LogP contribution in [0.1, 0.15) is 16.7 Å². The molecule has 0 aromatic heterocycles. The van der Waals surface area contributed by atoms with Crippen molar-refractivity contribution in [3.63, 3.8) is 0 Å². The fourth-order valence-corrected chi connectivity index (χ4v) is 2.06. The molecule has 0 N–H and O–H groups in total. The SMILES string of the molecule is COc1ccc(COCc2ccc(Br)cc2)cc1C#N. The molecule has 0 bridgehead atoms. The van der Waals surface area contributed by atoms with Gasteiger partial charge in [-0.15, -0.1) is 0 Å². The van der Waals surface area contributed by atoms with Crippen molar-refractivity contribution < 1.29 is 9.47 Å². The van der Waals surface area contributed by atoms with Crippen molar-refractivity contribution in [2.45, 2.75) is 13.2 Å². The number of nitrogens with zero attached hydrogens (tertiary/aromatic N) is 1. The normalized spacial score (nSPS) is 10.1. The van der Waals surface area contributed by atoms with E-state index in [1.54, 1.807) is 19.2 Å². The Bertz CT molecular complexity index is 617. The number of halogens is 1. The first-order valence-electron chi connectivity index (χ1n) is 6.12. The Labute approximate surface area is 126 Å². The summed E-state index contributed by atoms with van der Waals surface area (Å²) in [5, 5.41) is 9.03. The van der Waals surface area contributed by atoms with Crippen LogP contribution in [0.15, 0.2) is 46.9 Å². The Morgan fingerprint density at radius 1 is 1.05 bits per heavy atom. The molecule has 0 amide bonds. The summed E-state index contributed by atoms with van der Waals surface area (Å²) in [5.74, 6) is 0.587. The van der Waals surface area contributed by atoms with Crippen molar-refractivity contribution >= 4 is 15.9 Å².